The van der Waals surface area contributed by atoms with Crippen LogP contribution in [0.2, 0.25) is 0 Å². The normalized spacial score (nSPS) is 11.7. The molecule has 0 saturated heterocycles. The third-order valence-corrected chi connectivity index (χ3v) is 4.82. The van der Waals surface area contributed by atoms with Gasteiger partial charge in [0.25, 0.3) is 5.91 Å². The van der Waals surface area contributed by atoms with E-state index in [0.717, 1.165) is 16.3 Å². The lowest BCUT2D eigenvalue weighted by atomic mass is 10.0. The molecule has 0 spiro atoms. The molecule has 7 heteroatoms. The average molecular weight is 399 g/mol. The molecule has 4 rings (SSSR count). The molecule has 0 saturated carbocycles. The summed E-state index contributed by atoms with van der Waals surface area (Å²) in [6, 6.07) is 16.1. The average Bonchev–Trinajstić information content (AvgIpc) is 3.30. The molecule has 1 atom stereocenters. The molecule has 2 heterocycles. The first-order valence-corrected chi connectivity index (χ1v) is 9.62. The molecule has 0 radical (unpaired) electrons. The molecule has 150 valence electrons. The van der Waals surface area contributed by atoms with Gasteiger partial charge in [0.2, 0.25) is 5.91 Å². The zero-order valence-electron chi connectivity index (χ0n) is 16.2. The summed E-state index contributed by atoms with van der Waals surface area (Å²) in [4.78, 5) is 33.9. The zero-order valence-corrected chi connectivity index (χ0v) is 16.2. The fraction of sp³-hybridized carbons (Fsp3) is 0.130. The van der Waals surface area contributed by atoms with Crippen molar-refractivity contribution in [3.8, 4) is 0 Å². The van der Waals surface area contributed by atoms with Crippen LogP contribution < -0.4 is 10.6 Å². The van der Waals surface area contributed by atoms with Crippen LogP contribution in [0.25, 0.3) is 10.8 Å². The number of rotatable bonds is 7. The second kappa shape index (κ2) is 9.00. The van der Waals surface area contributed by atoms with E-state index in [1.807, 2.05) is 48.5 Å². The molecule has 7 nitrogen and oxygen atoms in total. The van der Waals surface area contributed by atoms with Crippen molar-refractivity contribution in [2.45, 2.75) is 19.1 Å². The number of hydrogen-bond acceptors (Lipinski definition) is 4. The number of benzene rings is 2. The van der Waals surface area contributed by atoms with Crippen molar-refractivity contribution < 1.29 is 9.59 Å². The summed E-state index contributed by atoms with van der Waals surface area (Å²) in [5, 5.41) is 7.59. The minimum absolute atomic E-state index is 0.269. The van der Waals surface area contributed by atoms with Crippen LogP contribution in [0.15, 0.2) is 85.7 Å². The number of imidazole rings is 1. The third kappa shape index (κ3) is 4.52. The Labute approximate surface area is 173 Å². The quantitative estimate of drug-likeness (QED) is 0.500. The highest BCUT2D eigenvalue weighted by atomic mass is 16.2. The Morgan fingerprint density at radius 2 is 1.73 bits per heavy atom. The maximum absolute atomic E-state index is 13.1. The van der Waals surface area contributed by atoms with Gasteiger partial charge in [-0.25, -0.2) is 4.98 Å². The van der Waals surface area contributed by atoms with Gasteiger partial charge in [-0.15, -0.1) is 0 Å². The van der Waals surface area contributed by atoms with Crippen LogP contribution in [0, 0.1) is 0 Å². The number of nitrogens with zero attached hydrogens (tertiary/aromatic N) is 3. The molecule has 4 aromatic rings. The number of aromatic nitrogens is 3. The van der Waals surface area contributed by atoms with Gasteiger partial charge in [0, 0.05) is 36.9 Å². The number of hydrogen-bond donors (Lipinski definition) is 2. The van der Waals surface area contributed by atoms with Crippen LogP contribution in [-0.2, 0) is 17.9 Å². The van der Waals surface area contributed by atoms with Crippen LogP contribution in [0.4, 0.5) is 0 Å². The number of amides is 2. The lowest BCUT2D eigenvalue weighted by molar-refractivity contribution is -0.123. The summed E-state index contributed by atoms with van der Waals surface area (Å²) >= 11 is 0. The van der Waals surface area contributed by atoms with Crippen molar-refractivity contribution in [1.29, 1.82) is 0 Å². The highest BCUT2D eigenvalue weighted by Crippen LogP contribution is 2.18. The largest absolute Gasteiger partial charge is 0.350 e. The molecule has 1 unspecified atom stereocenters. The number of carbonyl (C=O) groups is 2. The van der Waals surface area contributed by atoms with Crippen molar-refractivity contribution in [1.82, 2.24) is 25.2 Å². The van der Waals surface area contributed by atoms with E-state index < -0.39 is 6.04 Å². The monoisotopic (exact) mass is 399 g/mol. The van der Waals surface area contributed by atoms with E-state index in [4.69, 9.17) is 0 Å². The van der Waals surface area contributed by atoms with Crippen molar-refractivity contribution in [2.24, 2.45) is 0 Å². The van der Waals surface area contributed by atoms with Gasteiger partial charge in [0.1, 0.15) is 6.04 Å². The van der Waals surface area contributed by atoms with Crippen molar-refractivity contribution >= 4 is 22.6 Å². The Morgan fingerprint density at radius 3 is 2.53 bits per heavy atom. The van der Waals surface area contributed by atoms with E-state index in [0.29, 0.717) is 12.1 Å². The van der Waals surface area contributed by atoms with E-state index in [1.165, 1.54) is 0 Å². The lowest BCUT2D eigenvalue weighted by Crippen LogP contribution is -2.48. The smallest absolute Gasteiger partial charge is 0.252 e. The molecule has 2 amide bonds. The fourth-order valence-electron chi connectivity index (χ4n) is 3.27. The van der Waals surface area contributed by atoms with Gasteiger partial charge in [-0.05, 0) is 34.5 Å². The molecule has 0 aliphatic heterocycles. The second-order valence-electron chi connectivity index (χ2n) is 6.89. The minimum atomic E-state index is -0.757. The van der Waals surface area contributed by atoms with Gasteiger partial charge in [-0.1, -0.05) is 36.4 Å². The van der Waals surface area contributed by atoms with E-state index in [1.54, 1.807) is 41.7 Å². The summed E-state index contributed by atoms with van der Waals surface area (Å²) < 4.78 is 1.76. The molecule has 0 aliphatic rings. The molecule has 0 bridgehead atoms. The van der Waals surface area contributed by atoms with Crippen LogP contribution in [0.3, 0.4) is 0 Å². The number of pyridine rings is 1. The topological polar surface area (TPSA) is 88.9 Å². The SMILES string of the molecule is O=C(NC(Cn1ccnc1)C(=O)NCc1ccncc1)c1cccc2ccccc12. The lowest BCUT2D eigenvalue weighted by Gasteiger charge is -2.19. The van der Waals surface area contributed by atoms with E-state index in [2.05, 4.69) is 20.6 Å². The molecule has 2 N–H and O–H groups in total. The first-order chi connectivity index (χ1) is 14.7. The zero-order chi connectivity index (χ0) is 20.8. The van der Waals surface area contributed by atoms with Gasteiger partial charge < -0.3 is 15.2 Å². The second-order valence-corrected chi connectivity index (χ2v) is 6.89. The minimum Gasteiger partial charge on any atom is -0.350 e. The van der Waals surface area contributed by atoms with Gasteiger partial charge in [0.05, 0.1) is 12.9 Å². The summed E-state index contributed by atoms with van der Waals surface area (Å²) in [6.45, 7) is 0.630. The van der Waals surface area contributed by atoms with Crippen molar-refractivity contribution in [3.05, 3.63) is 96.8 Å². The first-order valence-electron chi connectivity index (χ1n) is 9.62. The van der Waals surface area contributed by atoms with Gasteiger partial charge in [-0.3, -0.25) is 14.6 Å². The van der Waals surface area contributed by atoms with Gasteiger partial charge in [0.15, 0.2) is 0 Å². The summed E-state index contributed by atoms with van der Waals surface area (Å²) in [5.74, 6) is -0.565. The molecule has 30 heavy (non-hydrogen) atoms. The van der Waals surface area contributed by atoms with Crippen LogP contribution >= 0.6 is 0 Å². The Bertz CT molecular complexity index is 1140. The molecule has 0 fully saturated rings. The highest BCUT2D eigenvalue weighted by Gasteiger charge is 2.22. The molecule has 2 aromatic carbocycles. The number of nitrogens with one attached hydrogen (secondary N) is 2. The van der Waals surface area contributed by atoms with E-state index >= 15 is 0 Å². The summed E-state index contributed by atoms with van der Waals surface area (Å²) in [7, 11) is 0. The summed E-state index contributed by atoms with van der Waals surface area (Å²) in [6.07, 6.45) is 8.36. The van der Waals surface area contributed by atoms with Crippen LogP contribution in [0.1, 0.15) is 15.9 Å². The molecular formula is C23H21N5O2. The molecule has 0 aliphatic carbocycles. The number of fused-ring (bicyclic) bond motifs is 1. The maximum Gasteiger partial charge on any atom is 0.252 e. The highest BCUT2D eigenvalue weighted by molar-refractivity contribution is 6.08. The Kier molecular flexibility index (Phi) is 5.80. The van der Waals surface area contributed by atoms with E-state index in [9.17, 15) is 9.59 Å². The summed E-state index contributed by atoms with van der Waals surface area (Å²) in [5.41, 5.74) is 1.46. The van der Waals surface area contributed by atoms with Crippen LogP contribution in [-0.4, -0.2) is 32.4 Å². The Hall–Kier alpha value is -4.00. The maximum atomic E-state index is 13.1. The van der Waals surface area contributed by atoms with Gasteiger partial charge >= 0.3 is 0 Å². The van der Waals surface area contributed by atoms with Crippen molar-refractivity contribution in [3.63, 3.8) is 0 Å². The van der Waals surface area contributed by atoms with Gasteiger partial charge in [-0.2, -0.15) is 0 Å². The first kappa shape index (κ1) is 19.3. The predicted octanol–water partition coefficient (Wildman–Crippen LogP) is 2.55. The van der Waals surface area contributed by atoms with Crippen molar-refractivity contribution in [2.75, 3.05) is 0 Å². The Balaban J connectivity index is 1.53. The fourth-order valence-corrected chi connectivity index (χ4v) is 3.27. The Morgan fingerprint density at radius 1 is 0.933 bits per heavy atom. The molecular weight excluding hydrogens is 378 g/mol. The van der Waals surface area contributed by atoms with E-state index in [-0.39, 0.29) is 18.4 Å². The van der Waals surface area contributed by atoms with Crippen LogP contribution in [0.5, 0.6) is 0 Å². The molecule has 2 aromatic heterocycles. The number of carbonyl (C=O) groups excluding carboxylic acids is 2. The standard InChI is InChI=1S/C23H21N5O2/c29-22(20-7-3-5-18-4-1-2-6-19(18)20)27-21(15-28-13-12-25-16-28)23(30)26-14-17-8-10-24-11-9-17/h1-13,16,21H,14-15H2,(H,26,30)(H,27,29). The predicted molar refractivity (Wildman–Crippen MR) is 114 cm³/mol. The third-order valence-electron chi connectivity index (χ3n) is 4.82.